The van der Waals surface area contributed by atoms with E-state index in [1.807, 2.05) is 49.6 Å². The van der Waals surface area contributed by atoms with E-state index in [0.29, 0.717) is 16.5 Å². The molecule has 0 heterocycles. The molecule has 0 unspecified atom stereocenters. The van der Waals surface area contributed by atoms with Crippen LogP contribution < -0.4 is 10.6 Å². The van der Waals surface area contributed by atoms with Crippen LogP contribution in [0.4, 0.5) is 0 Å². The Morgan fingerprint density at radius 1 is 1.00 bits per heavy atom. The highest BCUT2D eigenvalue weighted by Gasteiger charge is 2.23. The third-order valence-electron chi connectivity index (χ3n) is 4.45. The molecular weight excluding hydrogens is 436 g/mol. The molecule has 4 nitrogen and oxygen atoms in total. The first-order valence-electron chi connectivity index (χ1n) is 9.40. The molecule has 2 aromatic rings. The summed E-state index contributed by atoms with van der Waals surface area (Å²) in [6.07, 6.45) is 4.34. The summed E-state index contributed by atoms with van der Waals surface area (Å²) in [4.78, 5) is 25.4. The first kappa shape index (κ1) is 22.5. The molecule has 0 spiro atoms. The average Bonchev–Trinajstić information content (AvgIpc) is 2.70. The third kappa shape index (κ3) is 7.32. The van der Waals surface area contributed by atoms with Crippen LogP contribution in [-0.2, 0) is 11.2 Å². The Bertz CT molecular complexity index is 770. The van der Waals surface area contributed by atoms with E-state index in [-0.39, 0.29) is 17.9 Å². The zero-order valence-electron chi connectivity index (χ0n) is 16.3. The first-order valence-corrected chi connectivity index (χ1v) is 11.6. The average molecular weight is 463 g/mol. The van der Waals surface area contributed by atoms with Crippen molar-refractivity contribution in [3.63, 3.8) is 0 Å². The maximum atomic E-state index is 12.8. The van der Waals surface area contributed by atoms with E-state index in [0.717, 1.165) is 18.6 Å². The molecule has 6 heteroatoms. The van der Waals surface area contributed by atoms with Crippen LogP contribution in [0.3, 0.4) is 0 Å². The molecular formula is C22H27BrN2O2S. The zero-order valence-corrected chi connectivity index (χ0v) is 18.7. The van der Waals surface area contributed by atoms with Gasteiger partial charge in [-0.2, -0.15) is 11.8 Å². The summed E-state index contributed by atoms with van der Waals surface area (Å²) in [6, 6.07) is 16.9. The number of hydrogen-bond donors (Lipinski definition) is 2. The fraction of sp³-hybridized carbons (Fsp3) is 0.364. The van der Waals surface area contributed by atoms with E-state index in [4.69, 9.17) is 0 Å². The number of hydrogen-bond acceptors (Lipinski definition) is 3. The zero-order chi connectivity index (χ0) is 20.4. The van der Waals surface area contributed by atoms with Crippen molar-refractivity contribution >= 4 is 39.5 Å². The number of carbonyl (C=O) groups is 2. The minimum absolute atomic E-state index is 0.0323. The highest BCUT2D eigenvalue weighted by Crippen LogP contribution is 2.16. The number of benzene rings is 2. The van der Waals surface area contributed by atoms with Crippen LogP contribution >= 0.6 is 27.7 Å². The number of halogens is 1. The van der Waals surface area contributed by atoms with E-state index in [1.165, 1.54) is 5.56 Å². The van der Waals surface area contributed by atoms with Crippen LogP contribution in [0.15, 0.2) is 59.1 Å². The second-order valence-electron chi connectivity index (χ2n) is 6.72. The molecule has 0 radical (unpaired) electrons. The van der Waals surface area contributed by atoms with Gasteiger partial charge in [-0.05, 0) is 71.8 Å². The summed E-state index contributed by atoms with van der Waals surface area (Å²) in [6.45, 7) is 2.00. The lowest BCUT2D eigenvalue weighted by molar-refractivity contribution is -0.123. The second-order valence-corrected chi connectivity index (χ2v) is 8.56. The van der Waals surface area contributed by atoms with Gasteiger partial charge < -0.3 is 10.6 Å². The number of aryl methyl sites for hydroxylation is 1. The molecule has 0 fully saturated rings. The van der Waals surface area contributed by atoms with Crippen molar-refractivity contribution in [1.29, 1.82) is 0 Å². The normalized spacial score (nSPS) is 12.8. The smallest absolute Gasteiger partial charge is 0.253 e. The first-order chi connectivity index (χ1) is 13.5. The Kier molecular flexibility index (Phi) is 9.58. The van der Waals surface area contributed by atoms with Crippen molar-refractivity contribution in [2.45, 2.75) is 38.3 Å². The fourth-order valence-corrected chi connectivity index (χ4v) is 3.77. The molecule has 150 valence electrons. The lowest BCUT2D eigenvalue weighted by atomic mass is 10.1. The SMILES string of the molecule is CSCC[C@H](NC(=O)c1ccccc1Br)C(=O)N[C@H](C)CCc1ccccc1. The van der Waals surface area contributed by atoms with Crippen LogP contribution in [0, 0.1) is 0 Å². The summed E-state index contributed by atoms with van der Waals surface area (Å²) in [5.41, 5.74) is 1.78. The predicted octanol–water partition coefficient (Wildman–Crippen LogP) is 4.44. The van der Waals surface area contributed by atoms with Crippen LogP contribution in [0.2, 0.25) is 0 Å². The van der Waals surface area contributed by atoms with Gasteiger partial charge in [0, 0.05) is 10.5 Å². The highest BCUT2D eigenvalue weighted by atomic mass is 79.9. The molecule has 2 atom stereocenters. The van der Waals surface area contributed by atoms with Gasteiger partial charge in [0.1, 0.15) is 6.04 Å². The van der Waals surface area contributed by atoms with Crippen LogP contribution in [-0.4, -0.2) is 35.9 Å². The van der Waals surface area contributed by atoms with Gasteiger partial charge in [-0.25, -0.2) is 0 Å². The number of carbonyl (C=O) groups excluding carboxylic acids is 2. The van der Waals surface area contributed by atoms with Gasteiger partial charge in [0.2, 0.25) is 5.91 Å². The van der Waals surface area contributed by atoms with Crippen molar-refractivity contribution in [1.82, 2.24) is 10.6 Å². The van der Waals surface area contributed by atoms with Gasteiger partial charge in [0.15, 0.2) is 0 Å². The quantitative estimate of drug-likeness (QED) is 0.548. The molecule has 2 rings (SSSR count). The molecule has 0 aromatic heterocycles. The standard InChI is InChI=1S/C22H27BrN2O2S/c1-16(12-13-17-8-4-3-5-9-17)24-22(27)20(14-15-28-2)25-21(26)18-10-6-7-11-19(18)23/h3-11,16,20H,12-15H2,1-2H3,(H,24,27)(H,25,26)/t16-,20+/m1/s1. The van der Waals surface area contributed by atoms with Crippen molar-refractivity contribution in [3.8, 4) is 0 Å². The summed E-state index contributed by atoms with van der Waals surface area (Å²) in [7, 11) is 0. The van der Waals surface area contributed by atoms with E-state index in [9.17, 15) is 9.59 Å². The van der Waals surface area contributed by atoms with Gasteiger partial charge in [-0.1, -0.05) is 42.5 Å². The Hall–Kier alpha value is -1.79. The molecule has 0 aliphatic rings. The fourth-order valence-electron chi connectivity index (χ4n) is 2.83. The molecule has 2 aromatic carbocycles. The van der Waals surface area contributed by atoms with E-state index in [1.54, 1.807) is 17.8 Å². The Labute approximate surface area is 180 Å². The van der Waals surface area contributed by atoms with Gasteiger partial charge in [-0.3, -0.25) is 9.59 Å². The highest BCUT2D eigenvalue weighted by molar-refractivity contribution is 9.10. The number of nitrogens with one attached hydrogen (secondary N) is 2. The molecule has 0 aliphatic heterocycles. The van der Waals surface area contributed by atoms with Crippen molar-refractivity contribution in [3.05, 3.63) is 70.2 Å². The summed E-state index contributed by atoms with van der Waals surface area (Å²) in [5.74, 6) is 0.424. The van der Waals surface area contributed by atoms with Crippen molar-refractivity contribution in [2.75, 3.05) is 12.0 Å². The number of amides is 2. The summed E-state index contributed by atoms with van der Waals surface area (Å²) < 4.78 is 0.716. The number of rotatable bonds is 10. The molecule has 2 N–H and O–H groups in total. The Morgan fingerprint density at radius 3 is 2.36 bits per heavy atom. The van der Waals surface area contributed by atoms with Crippen molar-refractivity contribution in [2.24, 2.45) is 0 Å². The van der Waals surface area contributed by atoms with Crippen LogP contribution in [0.1, 0.15) is 35.7 Å². The topological polar surface area (TPSA) is 58.2 Å². The maximum Gasteiger partial charge on any atom is 0.253 e. The van der Waals surface area contributed by atoms with E-state index in [2.05, 4.69) is 38.7 Å². The molecule has 0 saturated carbocycles. The maximum absolute atomic E-state index is 12.8. The molecule has 28 heavy (non-hydrogen) atoms. The summed E-state index contributed by atoms with van der Waals surface area (Å²) >= 11 is 5.05. The van der Waals surface area contributed by atoms with Gasteiger partial charge in [0.25, 0.3) is 5.91 Å². The molecule has 0 aliphatic carbocycles. The van der Waals surface area contributed by atoms with Gasteiger partial charge in [0.05, 0.1) is 5.56 Å². The van der Waals surface area contributed by atoms with Crippen molar-refractivity contribution < 1.29 is 9.59 Å². The number of thioether (sulfide) groups is 1. The second kappa shape index (κ2) is 11.9. The minimum atomic E-state index is -0.550. The largest absolute Gasteiger partial charge is 0.352 e. The lowest BCUT2D eigenvalue weighted by Gasteiger charge is -2.21. The van der Waals surface area contributed by atoms with Gasteiger partial charge in [-0.15, -0.1) is 0 Å². The molecule has 0 saturated heterocycles. The van der Waals surface area contributed by atoms with Crippen LogP contribution in [0.25, 0.3) is 0 Å². The molecule has 0 bridgehead atoms. The van der Waals surface area contributed by atoms with E-state index >= 15 is 0 Å². The monoisotopic (exact) mass is 462 g/mol. The predicted molar refractivity (Wildman–Crippen MR) is 121 cm³/mol. The van der Waals surface area contributed by atoms with Gasteiger partial charge >= 0.3 is 0 Å². The Morgan fingerprint density at radius 2 is 1.68 bits per heavy atom. The Balaban J connectivity index is 1.94. The van der Waals surface area contributed by atoms with E-state index < -0.39 is 6.04 Å². The lowest BCUT2D eigenvalue weighted by Crippen LogP contribution is -2.49. The van der Waals surface area contributed by atoms with Crippen LogP contribution in [0.5, 0.6) is 0 Å². The third-order valence-corrected chi connectivity index (χ3v) is 5.78. The minimum Gasteiger partial charge on any atom is -0.352 e. The molecule has 2 amide bonds. The summed E-state index contributed by atoms with van der Waals surface area (Å²) in [5, 5.41) is 5.95.